The Morgan fingerprint density at radius 2 is 1.71 bits per heavy atom. The number of imidazole rings is 1. The van der Waals surface area contributed by atoms with Crippen LogP contribution < -0.4 is 0 Å². The van der Waals surface area contributed by atoms with Crippen LogP contribution in [0, 0.1) is 0 Å². The van der Waals surface area contributed by atoms with E-state index >= 15 is 0 Å². The van der Waals surface area contributed by atoms with Gasteiger partial charge >= 0.3 is 0 Å². The molecule has 3 rings (SSSR count). The van der Waals surface area contributed by atoms with E-state index in [-0.39, 0.29) is 0 Å². The third-order valence-electron chi connectivity index (χ3n) is 4.47. The van der Waals surface area contributed by atoms with Crippen LogP contribution in [0.5, 0.6) is 0 Å². The first-order valence-electron chi connectivity index (χ1n) is 9.01. The molecule has 0 aliphatic carbocycles. The number of rotatable bonds is 8. The van der Waals surface area contributed by atoms with Crippen molar-refractivity contribution in [2.45, 2.75) is 52.0 Å². The molecule has 2 aromatic carbocycles. The van der Waals surface area contributed by atoms with E-state index in [0.717, 1.165) is 28.5 Å². The quantitative estimate of drug-likeness (QED) is 0.416. The number of hydrogen-bond donors (Lipinski definition) is 0. The fourth-order valence-electron chi connectivity index (χ4n) is 3.20. The zero-order chi connectivity index (χ0) is 16.8. The minimum atomic E-state index is 0.755. The molecule has 3 heteroatoms. The number of fused-ring (bicyclic) bond motifs is 1. The van der Waals surface area contributed by atoms with Gasteiger partial charge in [0.2, 0.25) is 0 Å². The van der Waals surface area contributed by atoms with E-state index in [1.54, 1.807) is 0 Å². The monoisotopic (exact) mass is 340 g/mol. The highest BCUT2D eigenvalue weighted by Gasteiger charge is 2.12. The maximum absolute atomic E-state index is 6.18. The molecule has 0 saturated heterocycles. The highest BCUT2D eigenvalue weighted by Crippen LogP contribution is 2.27. The molecule has 0 aliphatic rings. The lowest BCUT2D eigenvalue weighted by molar-refractivity contribution is 0.566. The first-order chi connectivity index (χ1) is 11.8. The molecular weight excluding hydrogens is 316 g/mol. The van der Waals surface area contributed by atoms with Gasteiger partial charge in [-0.3, -0.25) is 0 Å². The number of unbranched alkanes of at least 4 members (excludes halogenated alkanes) is 5. The number of hydrogen-bond acceptors (Lipinski definition) is 1. The summed E-state index contributed by atoms with van der Waals surface area (Å²) in [5, 5.41) is 0.755. The molecule has 0 unspecified atom stereocenters. The Bertz CT molecular complexity index is 791. The fraction of sp³-hybridized carbons (Fsp3) is 0.381. The fourth-order valence-corrected chi connectivity index (χ4v) is 3.39. The molecule has 0 bridgehead atoms. The first-order valence-corrected chi connectivity index (χ1v) is 9.38. The second kappa shape index (κ2) is 8.34. The summed E-state index contributed by atoms with van der Waals surface area (Å²) in [6, 6.07) is 16.4. The van der Waals surface area contributed by atoms with Gasteiger partial charge in [0.15, 0.2) is 0 Å². The molecule has 0 amide bonds. The molecule has 0 fully saturated rings. The summed E-state index contributed by atoms with van der Waals surface area (Å²) in [5.41, 5.74) is 3.35. The van der Waals surface area contributed by atoms with Crippen molar-refractivity contribution in [1.82, 2.24) is 9.55 Å². The first kappa shape index (κ1) is 17.0. The molecule has 0 radical (unpaired) electrons. The Balaban J connectivity index is 1.83. The van der Waals surface area contributed by atoms with Crippen molar-refractivity contribution in [2.75, 3.05) is 0 Å². The van der Waals surface area contributed by atoms with Crippen molar-refractivity contribution in [2.24, 2.45) is 0 Å². The van der Waals surface area contributed by atoms with Crippen LogP contribution >= 0.6 is 11.6 Å². The number of aryl methyl sites for hydroxylation is 1. The summed E-state index contributed by atoms with van der Waals surface area (Å²) in [6.45, 7) is 3.27. The summed E-state index contributed by atoms with van der Waals surface area (Å²) < 4.78 is 2.35. The zero-order valence-electron chi connectivity index (χ0n) is 14.3. The van der Waals surface area contributed by atoms with Gasteiger partial charge in [-0.15, -0.1) is 0 Å². The van der Waals surface area contributed by atoms with Gasteiger partial charge in [-0.05, 0) is 30.7 Å². The lowest BCUT2D eigenvalue weighted by Crippen LogP contribution is -2.01. The summed E-state index contributed by atoms with van der Waals surface area (Å²) in [6.07, 6.45) is 7.79. The van der Waals surface area contributed by atoms with Gasteiger partial charge in [0.1, 0.15) is 5.82 Å². The molecular formula is C21H25ClN2. The molecule has 0 spiro atoms. The van der Waals surface area contributed by atoms with E-state index in [4.69, 9.17) is 16.6 Å². The Kier molecular flexibility index (Phi) is 5.92. The van der Waals surface area contributed by atoms with Gasteiger partial charge in [-0.25, -0.2) is 4.98 Å². The molecule has 24 heavy (non-hydrogen) atoms. The molecule has 3 aromatic rings. The molecule has 2 nitrogen and oxygen atoms in total. The van der Waals surface area contributed by atoms with Crippen molar-refractivity contribution in [3.8, 4) is 11.4 Å². The van der Waals surface area contributed by atoms with Crippen LogP contribution in [0.15, 0.2) is 48.5 Å². The average molecular weight is 341 g/mol. The normalized spacial score (nSPS) is 11.2. The standard InChI is InChI=1S/C21H25ClN2/c1-2-3-4-5-6-9-15-24-20-14-8-7-13-19(20)23-21(24)17-11-10-12-18(22)16-17/h7-8,10-14,16H,2-6,9,15H2,1H3. The van der Waals surface area contributed by atoms with Crippen LogP contribution in [0.4, 0.5) is 0 Å². The summed E-state index contributed by atoms with van der Waals surface area (Å²) in [5.74, 6) is 1.02. The largest absolute Gasteiger partial charge is 0.324 e. The van der Waals surface area contributed by atoms with Crippen LogP contribution in [0.25, 0.3) is 22.4 Å². The van der Waals surface area contributed by atoms with Gasteiger partial charge in [0.25, 0.3) is 0 Å². The predicted octanol–water partition coefficient (Wildman–Crippen LogP) is 6.72. The zero-order valence-corrected chi connectivity index (χ0v) is 15.1. The van der Waals surface area contributed by atoms with E-state index in [0.29, 0.717) is 0 Å². The van der Waals surface area contributed by atoms with Crippen LogP contribution in [0.1, 0.15) is 45.4 Å². The Hall–Kier alpha value is -1.80. The Morgan fingerprint density at radius 3 is 2.54 bits per heavy atom. The summed E-state index contributed by atoms with van der Waals surface area (Å²) in [4.78, 5) is 4.86. The second-order valence-electron chi connectivity index (χ2n) is 6.35. The van der Waals surface area contributed by atoms with E-state index in [1.807, 2.05) is 24.3 Å². The third-order valence-corrected chi connectivity index (χ3v) is 4.71. The van der Waals surface area contributed by atoms with Crippen molar-refractivity contribution >= 4 is 22.6 Å². The molecule has 0 N–H and O–H groups in total. The van der Waals surface area contributed by atoms with Crippen molar-refractivity contribution in [1.29, 1.82) is 0 Å². The van der Waals surface area contributed by atoms with Crippen molar-refractivity contribution in [3.63, 3.8) is 0 Å². The highest BCUT2D eigenvalue weighted by atomic mass is 35.5. The third kappa shape index (κ3) is 3.99. The van der Waals surface area contributed by atoms with E-state index < -0.39 is 0 Å². The maximum Gasteiger partial charge on any atom is 0.141 e. The van der Waals surface area contributed by atoms with Gasteiger partial charge in [-0.2, -0.15) is 0 Å². The number of halogens is 1. The minimum Gasteiger partial charge on any atom is -0.324 e. The molecule has 0 saturated carbocycles. The van der Waals surface area contributed by atoms with Crippen molar-refractivity contribution in [3.05, 3.63) is 53.6 Å². The Labute approximate surface area is 149 Å². The van der Waals surface area contributed by atoms with Crippen LogP contribution in [0.3, 0.4) is 0 Å². The van der Waals surface area contributed by atoms with Gasteiger partial charge < -0.3 is 4.57 Å². The number of benzene rings is 2. The van der Waals surface area contributed by atoms with E-state index in [1.165, 1.54) is 44.0 Å². The van der Waals surface area contributed by atoms with E-state index in [2.05, 4.69) is 35.8 Å². The number of nitrogens with zero attached hydrogens (tertiary/aromatic N) is 2. The van der Waals surface area contributed by atoms with E-state index in [9.17, 15) is 0 Å². The highest BCUT2D eigenvalue weighted by molar-refractivity contribution is 6.30. The number of para-hydroxylation sites is 2. The SMILES string of the molecule is CCCCCCCCn1c(-c2cccc(Cl)c2)nc2ccccc21. The summed E-state index contributed by atoms with van der Waals surface area (Å²) >= 11 is 6.18. The molecule has 0 aliphatic heterocycles. The molecule has 126 valence electrons. The predicted molar refractivity (Wildman–Crippen MR) is 104 cm³/mol. The van der Waals surface area contributed by atoms with Crippen LogP contribution in [0.2, 0.25) is 5.02 Å². The molecule has 1 heterocycles. The smallest absolute Gasteiger partial charge is 0.141 e. The topological polar surface area (TPSA) is 17.8 Å². The second-order valence-corrected chi connectivity index (χ2v) is 6.79. The van der Waals surface area contributed by atoms with Crippen molar-refractivity contribution < 1.29 is 0 Å². The minimum absolute atomic E-state index is 0.755. The lowest BCUT2D eigenvalue weighted by Gasteiger charge is -2.10. The lowest BCUT2D eigenvalue weighted by atomic mass is 10.1. The molecule has 0 atom stereocenters. The van der Waals surface area contributed by atoms with Gasteiger partial charge in [-0.1, -0.05) is 74.9 Å². The summed E-state index contributed by atoms with van der Waals surface area (Å²) in [7, 11) is 0. The maximum atomic E-state index is 6.18. The van der Waals surface area contributed by atoms with Gasteiger partial charge in [0, 0.05) is 17.1 Å². The van der Waals surface area contributed by atoms with Crippen LogP contribution in [-0.4, -0.2) is 9.55 Å². The number of aromatic nitrogens is 2. The molecule has 1 aromatic heterocycles. The average Bonchev–Trinajstić information content (AvgIpc) is 2.97. The van der Waals surface area contributed by atoms with Gasteiger partial charge in [0.05, 0.1) is 11.0 Å². The Morgan fingerprint density at radius 1 is 0.917 bits per heavy atom. The van der Waals surface area contributed by atoms with Crippen LogP contribution in [-0.2, 0) is 6.54 Å².